The summed E-state index contributed by atoms with van der Waals surface area (Å²) in [6, 6.07) is 9.13. The number of hydrogen-bond acceptors (Lipinski definition) is 2. The van der Waals surface area contributed by atoms with Crippen molar-refractivity contribution in [1.82, 2.24) is 20.0 Å². The predicted molar refractivity (Wildman–Crippen MR) is 87.8 cm³/mol. The molecule has 4 rings (SSSR count). The zero-order valence-electron chi connectivity index (χ0n) is 13.4. The number of piperidine rings is 1. The van der Waals surface area contributed by atoms with Crippen LogP contribution in [0, 0.1) is 5.82 Å². The number of nitrogens with one attached hydrogen (secondary N) is 1. The van der Waals surface area contributed by atoms with Gasteiger partial charge in [-0.25, -0.2) is 9.18 Å². The van der Waals surface area contributed by atoms with Gasteiger partial charge in [-0.3, -0.25) is 4.68 Å². The van der Waals surface area contributed by atoms with Gasteiger partial charge in [0.25, 0.3) is 0 Å². The smallest absolute Gasteiger partial charge is 0.318 e. The summed E-state index contributed by atoms with van der Waals surface area (Å²) >= 11 is 0. The first-order valence-corrected chi connectivity index (χ1v) is 8.50. The van der Waals surface area contributed by atoms with Crippen molar-refractivity contribution in [2.24, 2.45) is 0 Å². The van der Waals surface area contributed by atoms with Crippen molar-refractivity contribution in [1.29, 1.82) is 0 Å². The summed E-state index contributed by atoms with van der Waals surface area (Å²) in [6.07, 6.45) is 7.86. The van der Waals surface area contributed by atoms with Gasteiger partial charge in [-0.05, 0) is 49.4 Å². The standard InChI is InChI=1S/C18H21FN4O/c19-14-4-2-13(3-5-14)12-20-18(24)23-15-6-7-16(23)11-17(10-15)22-9-1-8-21-22/h1-5,8-9,15-17H,6-7,10-12H2,(H,20,24). The Morgan fingerprint density at radius 2 is 1.88 bits per heavy atom. The third-order valence-electron chi connectivity index (χ3n) is 5.20. The molecule has 2 bridgehead atoms. The molecule has 0 radical (unpaired) electrons. The SMILES string of the molecule is O=C(NCc1ccc(F)cc1)N1C2CCC1CC(n1cccn1)C2. The molecule has 0 aliphatic carbocycles. The van der Waals surface area contributed by atoms with E-state index in [0.717, 1.165) is 31.2 Å². The first-order valence-electron chi connectivity index (χ1n) is 8.50. The second-order valence-corrected chi connectivity index (χ2v) is 6.69. The number of carbonyl (C=O) groups is 1. The number of benzene rings is 1. The van der Waals surface area contributed by atoms with Crippen molar-refractivity contribution < 1.29 is 9.18 Å². The Hall–Kier alpha value is -2.37. The van der Waals surface area contributed by atoms with Gasteiger partial charge < -0.3 is 10.2 Å². The minimum absolute atomic E-state index is 0.00857. The van der Waals surface area contributed by atoms with Gasteiger partial charge in [0, 0.05) is 31.0 Å². The van der Waals surface area contributed by atoms with Crippen LogP contribution >= 0.6 is 0 Å². The molecule has 2 atom stereocenters. The fourth-order valence-corrected chi connectivity index (χ4v) is 4.06. The fraction of sp³-hybridized carbons (Fsp3) is 0.444. The van der Waals surface area contributed by atoms with E-state index in [0.29, 0.717) is 12.6 Å². The Morgan fingerprint density at radius 1 is 1.17 bits per heavy atom. The lowest BCUT2D eigenvalue weighted by atomic mass is 9.98. The van der Waals surface area contributed by atoms with Crippen LogP contribution in [0.2, 0.25) is 0 Å². The number of amides is 2. The molecule has 2 amide bonds. The normalized spacial score (nSPS) is 25.7. The number of rotatable bonds is 3. The van der Waals surface area contributed by atoms with Gasteiger partial charge in [-0.2, -0.15) is 5.10 Å². The first kappa shape index (κ1) is 15.2. The van der Waals surface area contributed by atoms with Crippen LogP contribution in [-0.4, -0.2) is 32.8 Å². The molecule has 2 saturated heterocycles. The molecule has 1 N–H and O–H groups in total. The summed E-state index contributed by atoms with van der Waals surface area (Å²) in [4.78, 5) is 14.6. The van der Waals surface area contributed by atoms with Gasteiger partial charge in [0.15, 0.2) is 0 Å². The third-order valence-corrected chi connectivity index (χ3v) is 5.20. The van der Waals surface area contributed by atoms with Crippen LogP contribution in [0.3, 0.4) is 0 Å². The highest BCUT2D eigenvalue weighted by molar-refractivity contribution is 5.75. The maximum Gasteiger partial charge on any atom is 0.318 e. The molecule has 126 valence electrons. The van der Waals surface area contributed by atoms with Crippen molar-refractivity contribution in [3.8, 4) is 0 Å². The molecule has 3 heterocycles. The van der Waals surface area contributed by atoms with Crippen LogP contribution in [0.1, 0.15) is 37.3 Å². The van der Waals surface area contributed by atoms with Crippen molar-refractivity contribution in [3.05, 3.63) is 54.1 Å². The summed E-state index contributed by atoms with van der Waals surface area (Å²) in [7, 11) is 0. The molecule has 2 aromatic rings. The predicted octanol–water partition coefficient (Wildman–Crippen LogP) is 3.10. The Labute approximate surface area is 140 Å². The van der Waals surface area contributed by atoms with Crippen molar-refractivity contribution >= 4 is 6.03 Å². The minimum Gasteiger partial charge on any atom is -0.334 e. The molecule has 2 aliphatic heterocycles. The molecule has 2 unspecified atom stereocenters. The Balaban J connectivity index is 1.38. The average Bonchev–Trinajstić information content (AvgIpc) is 3.21. The van der Waals surface area contributed by atoms with E-state index in [2.05, 4.69) is 10.4 Å². The summed E-state index contributed by atoms with van der Waals surface area (Å²) in [5.74, 6) is -0.260. The fourth-order valence-electron chi connectivity index (χ4n) is 4.06. The van der Waals surface area contributed by atoms with E-state index in [1.54, 1.807) is 12.1 Å². The lowest BCUT2D eigenvalue weighted by molar-refractivity contribution is 0.120. The topological polar surface area (TPSA) is 50.2 Å². The van der Waals surface area contributed by atoms with Gasteiger partial charge >= 0.3 is 6.03 Å². The summed E-state index contributed by atoms with van der Waals surface area (Å²) < 4.78 is 15.0. The van der Waals surface area contributed by atoms with Gasteiger partial charge in [-0.1, -0.05) is 12.1 Å². The van der Waals surface area contributed by atoms with Crippen LogP contribution in [0.15, 0.2) is 42.7 Å². The largest absolute Gasteiger partial charge is 0.334 e. The molecule has 2 aliphatic rings. The quantitative estimate of drug-likeness (QED) is 0.941. The molecule has 1 aromatic heterocycles. The number of fused-ring (bicyclic) bond motifs is 2. The Bertz CT molecular complexity index is 686. The lowest BCUT2D eigenvalue weighted by Gasteiger charge is -2.38. The molecule has 0 saturated carbocycles. The maximum absolute atomic E-state index is 12.9. The van der Waals surface area contributed by atoms with Gasteiger partial charge in [0.2, 0.25) is 0 Å². The summed E-state index contributed by atoms with van der Waals surface area (Å²) in [6.45, 7) is 0.428. The second-order valence-electron chi connectivity index (χ2n) is 6.69. The van der Waals surface area contributed by atoms with Crippen LogP contribution in [0.4, 0.5) is 9.18 Å². The van der Waals surface area contributed by atoms with Gasteiger partial charge in [0.05, 0.1) is 6.04 Å². The number of halogens is 1. The Kier molecular flexibility index (Phi) is 3.96. The maximum atomic E-state index is 12.9. The highest BCUT2D eigenvalue weighted by atomic mass is 19.1. The lowest BCUT2D eigenvalue weighted by Crippen LogP contribution is -2.50. The van der Waals surface area contributed by atoms with E-state index >= 15 is 0 Å². The average molecular weight is 328 g/mol. The van der Waals surface area contributed by atoms with E-state index in [1.165, 1.54) is 12.1 Å². The van der Waals surface area contributed by atoms with Gasteiger partial charge in [-0.15, -0.1) is 0 Å². The molecule has 6 heteroatoms. The van der Waals surface area contributed by atoms with E-state index in [4.69, 9.17) is 0 Å². The second kappa shape index (κ2) is 6.26. The highest BCUT2D eigenvalue weighted by Gasteiger charge is 2.43. The van der Waals surface area contributed by atoms with Crippen LogP contribution in [0.5, 0.6) is 0 Å². The number of aromatic nitrogens is 2. The zero-order valence-corrected chi connectivity index (χ0v) is 13.4. The molecule has 0 spiro atoms. The highest BCUT2D eigenvalue weighted by Crippen LogP contribution is 2.40. The minimum atomic E-state index is -0.260. The van der Waals surface area contributed by atoms with E-state index in [9.17, 15) is 9.18 Å². The zero-order chi connectivity index (χ0) is 16.5. The number of carbonyl (C=O) groups excluding carboxylic acids is 1. The van der Waals surface area contributed by atoms with Crippen molar-refractivity contribution in [2.45, 2.75) is 50.4 Å². The molecule has 24 heavy (non-hydrogen) atoms. The molecule has 2 fully saturated rings. The van der Waals surface area contributed by atoms with E-state index in [1.807, 2.05) is 28.0 Å². The molecular weight excluding hydrogens is 307 g/mol. The van der Waals surface area contributed by atoms with E-state index in [-0.39, 0.29) is 23.9 Å². The van der Waals surface area contributed by atoms with Gasteiger partial charge in [0.1, 0.15) is 5.82 Å². The van der Waals surface area contributed by atoms with Crippen LogP contribution in [-0.2, 0) is 6.54 Å². The third kappa shape index (κ3) is 2.88. The van der Waals surface area contributed by atoms with E-state index < -0.39 is 0 Å². The number of nitrogens with zero attached hydrogens (tertiary/aromatic N) is 3. The Morgan fingerprint density at radius 3 is 2.50 bits per heavy atom. The summed E-state index contributed by atoms with van der Waals surface area (Å²) in [5, 5.41) is 7.34. The first-order chi connectivity index (χ1) is 11.7. The van der Waals surface area contributed by atoms with Crippen LogP contribution < -0.4 is 5.32 Å². The number of hydrogen-bond donors (Lipinski definition) is 1. The molecule has 5 nitrogen and oxygen atoms in total. The molecular formula is C18H21FN4O. The van der Waals surface area contributed by atoms with Crippen molar-refractivity contribution in [3.63, 3.8) is 0 Å². The monoisotopic (exact) mass is 328 g/mol. The van der Waals surface area contributed by atoms with Crippen molar-refractivity contribution in [2.75, 3.05) is 0 Å². The summed E-state index contributed by atoms with van der Waals surface area (Å²) in [5.41, 5.74) is 0.906. The molecule has 1 aromatic carbocycles. The van der Waals surface area contributed by atoms with Crippen LogP contribution in [0.25, 0.3) is 0 Å². The number of urea groups is 1.